The van der Waals surface area contributed by atoms with Crippen LogP contribution < -0.4 is 24.8 Å². The monoisotopic (exact) mass is 561 g/mol. The summed E-state index contributed by atoms with van der Waals surface area (Å²) in [6, 6.07) is 10.3. The van der Waals surface area contributed by atoms with E-state index in [0.29, 0.717) is 34.5 Å². The van der Waals surface area contributed by atoms with Gasteiger partial charge in [-0.3, -0.25) is 0 Å². The number of hydrogen-bond donors (Lipinski definition) is 2. The summed E-state index contributed by atoms with van der Waals surface area (Å²) in [6.07, 6.45) is 3.59. The third-order valence-electron chi connectivity index (χ3n) is 6.52. The van der Waals surface area contributed by atoms with Crippen LogP contribution in [-0.2, 0) is 11.2 Å². The van der Waals surface area contributed by atoms with Crippen LogP contribution in [0.15, 0.2) is 36.4 Å². The van der Waals surface area contributed by atoms with Crippen molar-refractivity contribution < 1.29 is 28.5 Å². The Balaban J connectivity index is 1.71. The molecule has 0 spiro atoms. The number of carbonyl (C=O) groups excluding carboxylic acids is 2. The highest BCUT2D eigenvalue weighted by Crippen LogP contribution is 2.40. The first-order valence-electron chi connectivity index (χ1n) is 13.2. The van der Waals surface area contributed by atoms with Crippen molar-refractivity contribution in [3.05, 3.63) is 47.0 Å². The van der Waals surface area contributed by atoms with Crippen LogP contribution in [0.2, 0.25) is 5.02 Å². The summed E-state index contributed by atoms with van der Waals surface area (Å²) >= 11 is 6.01. The predicted molar refractivity (Wildman–Crippen MR) is 152 cm³/mol. The number of rotatable bonds is 10. The number of nitrogens with zero attached hydrogens (tertiary/aromatic N) is 1. The Morgan fingerprint density at radius 1 is 1.00 bits per heavy atom. The molecule has 2 aromatic rings. The van der Waals surface area contributed by atoms with Gasteiger partial charge in [0.15, 0.2) is 11.5 Å². The van der Waals surface area contributed by atoms with Crippen LogP contribution in [0, 0.1) is 0 Å². The molecule has 0 saturated heterocycles. The maximum Gasteiger partial charge on any atom is 0.410 e. The molecule has 39 heavy (non-hydrogen) atoms. The van der Waals surface area contributed by atoms with Crippen LogP contribution in [0.5, 0.6) is 17.2 Å². The van der Waals surface area contributed by atoms with E-state index in [0.717, 1.165) is 37.7 Å². The van der Waals surface area contributed by atoms with E-state index in [1.165, 1.54) is 21.3 Å². The molecule has 214 valence electrons. The summed E-state index contributed by atoms with van der Waals surface area (Å²) in [6.45, 7) is 6.07. The predicted octanol–water partition coefficient (Wildman–Crippen LogP) is 6.28. The molecular weight excluding hydrogens is 522 g/mol. The Labute approximate surface area is 236 Å². The Morgan fingerprint density at radius 2 is 1.64 bits per heavy atom. The van der Waals surface area contributed by atoms with Crippen LogP contribution in [-0.4, -0.2) is 62.6 Å². The maximum absolute atomic E-state index is 13.3. The summed E-state index contributed by atoms with van der Waals surface area (Å²) in [4.78, 5) is 28.1. The highest BCUT2D eigenvalue weighted by atomic mass is 35.5. The summed E-state index contributed by atoms with van der Waals surface area (Å²) < 4.78 is 21.9. The topological polar surface area (TPSA) is 98.4 Å². The summed E-state index contributed by atoms with van der Waals surface area (Å²) in [7, 11) is 4.55. The number of ether oxygens (including phenoxy) is 4. The molecule has 1 saturated carbocycles. The lowest BCUT2D eigenvalue weighted by Crippen LogP contribution is -2.53. The number of methoxy groups -OCH3 is 3. The minimum Gasteiger partial charge on any atom is -0.493 e. The summed E-state index contributed by atoms with van der Waals surface area (Å²) in [5, 5.41) is 6.61. The molecule has 0 aromatic heterocycles. The number of carbonyl (C=O) groups is 2. The van der Waals surface area contributed by atoms with Crippen LogP contribution in [0.25, 0.3) is 0 Å². The van der Waals surface area contributed by atoms with Crippen molar-refractivity contribution in [1.82, 2.24) is 10.2 Å². The number of nitrogens with one attached hydrogen (secondary N) is 2. The first-order valence-corrected chi connectivity index (χ1v) is 13.5. The number of urea groups is 1. The van der Waals surface area contributed by atoms with Crippen LogP contribution in [0.3, 0.4) is 0 Å². The second-order valence-corrected chi connectivity index (χ2v) is 11.0. The highest BCUT2D eigenvalue weighted by molar-refractivity contribution is 6.30. The maximum atomic E-state index is 13.3. The Morgan fingerprint density at radius 3 is 2.21 bits per heavy atom. The molecule has 1 aliphatic rings. The number of hydrogen-bond acceptors (Lipinski definition) is 6. The normalized spacial score (nSPS) is 16.8. The number of aryl methyl sites for hydroxylation is 1. The molecule has 2 atom stereocenters. The largest absolute Gasteiger partial charge is 0.493 e. The molecule has 0 heterocycles. The molecule has 9 nitrogen and oxygen atoms in total. The number of benzene rings is 2. The standard InChI is InChI=1S/C29H40ClN3O6/c1-29(2,3)39-28(35)33(16-8-9-19-12-14-20(30)15-13-19)23-11-7-10-22(23)32-27(34)31-21-17-24(36-4)26(38-6)25(18-21)37-5/h12-15,17-18,22-23H,7-11,16H2,1-6H3,(H2,31,32,34). The molecule has 2 N–H and O–H groups in total. The van der Waals surface area contributed by atoms with Crippen molar-refractivity contribution in [2.24, 2.45) is 0 Å². The van der Waals surface area contributed by atoms with E-state index >= 15 is 0 Å². The van der Waals surface area contributed by atoms with E-state index in [9.17, 15) is 9.59 Å². The molecule has 3 rings (SSSR count). The number of halogens is 1. The van der Waals surface area contributed by atoms with Crippen molar-refractivity contribution in [1.29, 1.82) is 0 Å². The summed E-state index contributed by atoms with van der Waals surface area (Å²) in [5.74, 6) is 1.30. The molecule has 3 amide bonds. The average Bonchev–Trinajstić information content (AvgIpc) is 3.33. The molecule has 0 aliphatic heterocycles. The van der Waals surface area contributed by atoms with Gasteiger partial charge in [0.05, 0.1) is 39.1 Å². The Hall–Kier alpha value is -3.33. The quantitative estimate of drug-likeness (QED) is 0.354. The zero-order valence-electron chi connectivity index (χ0n) is 23.6. The molecule has 10 heteroatoms. The fourth-order valence-electron chi connectivity index (χ4n) is 4.79. The third-order valence-corrected chi connectivity index (χ3v) is 6.78. The van der Waals surface area contributed by atoms with Gasteiger partial charge < -0.3 is 34.5 Å². The Kier molecular flexibility index (Phi) is 10.6. The van der Waals surface area contributed by atoms with E-state index < -0.39 is 5.60 Å². The first kappa shape index (κ1) is 30.2. The van der Waals surface area contributed by atoms with Crippen LogP contribution in [0.1, 0.15) is 52.0 Å². The molecule has 0 bridgehead atoms. The molecule has 0 radical (unpaired) electrons. The minimum atomic E-state index is -0.628. The van der Waals surface area contributed by atoms with E-state index in [1.54, 1.807) is 17.0 Å². The lowest BCUT2D eigenvalue weighted by atomic mass is 10.1. The SMILES string of the molecule is COc1cc(NC(=O)NC2CCCC2N(CCCc2ccc(Cl)cc2)C(=O)OC(C)(C)C)cc(OC)c1OC. The van der Waals surface area contributed by atoms with Gasteiger partial charge >= 0.3 is 12.1 Å². The molecule has 2 unspecified atom stereocenters. The van der Waals surface area contributed by atoms with Gasteiger partial charge in [0.2, 0.25) is 5.75 Å². The van der Waals surface area contributed by atoms with Gasteiger partial charge in [0.1, 0.15) is 5.60 Å². The summed E-state index contributed by atoms with van der Waals surface area (Å²) in [5.41, 5.74) is 1.01. The highest BCUT2D eigenvalue weighted by Gasteiger charge is 2.37. The fourth-order valence-corrected chi connectivity index (χ4v) is 4.91. The van der Waals surface area contributed by atoms with Gasteiger partial charge in [-0.25, -0.2) is 9.59 Å². The molecule has 2 aromatic carbocycles. The fraction of sp³-hybridized carbons (Fsp3) is 0.517. The minimum absolute atomic E-state index is 0.184. The van der Waals surface area contributed by atoms with Gasteiger partial charge in [0, 0.05) is 23.7 Å². The molecule has 1 fully saturated rings. The second-order valence-electron chi connectivity index (χ2n) is 10.5. The van der Waals surface area contributed by atoms with Gasteiger partial charge in [0.25, 0.3) is 0 Å². The van der Waals surface area contributed by atoms with Crippen molar-refractivity contribution >= 4 is 29.4 Å². The van der Waals surface area contributed by atoms with E-state index in [-0.39, 0.29) is 24.2 Å². The zero-order valence-corrected chi connectivity index (χ0v) is 24.4. The van der Waals surface area contributed by atoms with Crippen molar-refractivity contribution in [3.63, 3.8) is 0 Å². The lowest BCUT2D eigenvalue weighted by molar-refractivity contribution is 0.0140. The van der Waals surface area contributed by atoms with Gasteiger partial charge in [-0.1, -0.05) is 23.7 Å². The molecule has 1 aliphatic carbocycles. The van der Waals surface area contributed by atoms with E-state index in [2.05, 4.69) is 10.6 Å². The smallest absolute Gasteiger partial charge is 0.410 e. The number of anilines is 1. The first-order chi connectivity index (χ1) is 18.5. The zero-order chi connectivity index (χ0) is 28.6. The van der Waals surface area contributed by atoms with Crippen molar-refractivity contribution in [2.45, 2.75) is 70.6 Å². The van der Waals surface area contributed by atoms with Gasteiger partial charge in [-0.05, 0) is 70.6 Å². The average molecular weight is 562 g/mol. The lowest BCUT2D eigenvalue weighted by Gasteiger charge is -2.35. The van der Waals surface area contributed by atoms with Crippen molar-refractivity contribution in [3.8, 4) is 17.2 Å². The van der Waals surface area contributed by atoms with Crippen LogP contribution in [0.4, 0.5) is 15.3 Å². The molecular formula is C29H40ClN3O6. The Bertz CT molecular complexity index is 1090. The van der Waals surface area contributed by atoms with Gasteiger partial charge in [-0.15, -0.1) is 0 Å². The van der Waals surface area contributed by atoms with Crippen molar-refractivity contribution in [2.75, 3.05) is 33.2 Å². The second kappa shape index (κ2) is 13.6. The van der Waals surface area contributed by atoms with E-state index in [1.807, 2.05) is 45.0 Å². The van der Waals surface area contributed by atoms with E-state index in [4.69, 9.17) is 30.5 Å². The van der Waals surface area contributed by atoms with Crippen LogP contribution >= 0.6 is 11.6 Å². The van der Waals surface area contributed by atoms with Gasteiger partial charge in [-0.2, -0.15) is 0 Å². The third kappa shape index (κ3) is 8.58. The number of amides is 3.